The molecule has 0 saturated carbocycles. The van der Waals surface area contributed by atoms with Gasteiger partial charge in [-0.05, 0) is 26.7 Å². The molecule has 0 rings (SSSR count). The van der Waals surface area contributed by atoms with Crippen molar-refractivity contribution in [3.8, 4) is 0 Å². The van der Waals surface area contributed by atoms with Gasteiger partial charge in [-0.1, -0.05) is 26.1 Å². The van der Waals surface area contributed by atoms with Crippen LogP contribution in [0.5, 0.6) is 0 Å². The monoisotopic (exact) mass is 216 g/mol. The Labute approximate surface area is 91.4 Å². The van der Waals surface area contributed by atoms with Crippen molar-refractivity contribution in [1.29, 1.82) is 0 Å². The van der Waals surface area contributed by atoms with Crippen molar-refractivity contribution in [2.24, 2.45) is 11.7 Å². The Morgan fingerprint density at radius 3 is 2.21 bits per heavy atom. The summed E-state index contributed by atoms with van der Waals surface area (Å²) in [5, 5.41) is 2.97. The Morgan fingerprint density at radius 2 is 1.93 bits per heavy atom. The van der Waals surface area contributed by atoms with E-state index < -0.39 is 0 Å². The molecule has 3 N–H and O–H groups in total. The summed E-state index contributed by atoms with van der Waals surface area (Å²) in [5.41, 5.74) is 5.27. The fourth-order valence-corrected chi connectivity index (χ4v) is 1.07. The van der Waals surface area contributed by atoms with E-state index in [1.54, 1.807) is 6.92 Å². The minimum Gasteiger partial charge on any atom is -0.393 e. The van der Waals surface area contributed by atoms with Crippen LogP contribution in [0.2, 0.25) is 0 Å². The standard InChI is InChI=1S/C10H20N2OS/c1-5-10(4,6-2)12-9(13)7(3)8(11)14/h7H,5-6H2,1-4H3,(H2,11,14)(H,12,13). The number of rotatable bonds is 5. The lowest BCUT2D eigenvalue weighted by molar-refractivity contribution is -0.124. The summed E-state index contributed by atoms with van der Waals surface area (Å²) in [6.45, 7) is 7.85. The Kier molecular flexibility index (Phi) is 5.05. The highest BCUT2D eigenvalue weighted by Crippen LogP contribution is 2.14. The lowest BCUT2D eigenvalue weighted by Crippen LogP contribution is -2.49. The number of nitrogens with one attached hydrogen (secondary N) is 1. The second kappa shape index (κ2) is 5.29. The van der Waals surface area contributed by atoms with Crippen molar-refractivity contribution in [1.82, 2.24) is 5.32 Å². The Morgan fingerprint density at radius 1 is 1.50 bits per heavy atom. The zero-order valence-corrected chi connectivity index (χ0v) is 10.2. The lowest BCUT2D eigenvalue weighted by Gasteiger charge is -2.29. The Balaban J connectivity index is 4.37. The first-order valence-electron chi connectivity index (χ1n) is 4.97. The summed E-state index contributed by atoms with van der Waals surface area (Å²) in [7, 11) is 0. The predicted octanol–water partition coefficient (Wildman–Crippen LogP) is 1.60. The molecule has 1 atom stereocenters. The third-order valence-corrected chi connectivity index (χ3v) is 3.16. The largest absolute Gasteiger partial charge is 0.393 e. The molecule has 0 aliphatic heterocycles. The Hall–Kier alpha value is -0.640. The van der Waals surface area contributed by atoms with E-state index in [-0.39, 0.29) is 22.4 Å². The molecule has 0 spiro atoms. The number of hydrogen-bond acceptors (Lipinski definition) is 2. The molecule has 0 radical (unpaired) electrons. The van der Waals surface area contributed by atoms with Crippen LogP contribution in [0.3, 0.4) is 0 Å². The second-order valence-electron chi connectivity index (χ2n) is 3.88. The minimum absolute atomic E-state index is 0.0799. The van der Waals surface area contributed by atoms with Gasteiger partial charge in [0.05, 0.1) is 10.9 Å². The molecule has 3 nitrogen and oxygen atoms in total. The highest BCUT2D eigenvalue weighted by molar-refractivity contribution is 7.80. The second-order valence-corrected chi connectivity index (χ2v) is 4.35. The summed E-state index contributed by atoms with van der Waals surface area (Å²) in [6, 6.07) is 0. The quantitative estimate of drug-likeness (QED) is 0.686. The first kappa shape index (κ1) is 13.4. The van der Waals surface area contributed by atoms with Crippen LogP contribution in [0.25, 0.3) is 0 Å². The first-order chi connectivity index (χ1) is 6.36. The van der Waals surface area contributed by atoms with E-state index in [0.717, 1.165) is 12.8 Å². The zero-order chi connectivity index (χ0) is 11.4. The topological polar surface area (TPSA) is 55.1 Å². The van der Waals surface area contributed by atoms with Crippen LogP contribution in [0.1, 0.15) is 40.5 Å². The number of nitrogens with two attached hydrogens (primary N) is 1. The van der Waals surface area contributed by atoms with Gasteiger partial charge in [0.15, 0.2) is 0 Å². The van der Waals surface area contributed by atoms with Crippen LogP contribution >= 0.6 is 12.2 Å². The minimum atomic E-state index is -0.387. The molecule has 0 aromatic rings. The highest BCUT2D eigenvalue weighted by atomic mass is 32.1. The van der Waals surface area contributed by atoms with E-state index >= 15 is 0 Å². The lowest BCUT2D eigenvalue weighted by atomic mass is 9.94. The van der Waals surface area contributed by atoms with Crippen LogP contribution in [0.4, 0.5) is 0 Å². The van der Waals surface area contributed by atoms with Gasteiger partial charge < -0.3 is 11.1 Å². The maximum absolute atomic E-state index is 11.6. The molecule has 0 saturated heterocycles. The molecule has 1 amide bonds. The molecule has 0 fully saturated rings. The van der Waals surface area contributed by atoms with Crippen molar-refractivity contribution in [2.75, 3.05) is 0 Å². The van der Waals surface area contributed by atoms with Gasteiger partial charge in [0.25, 0.3) is 0 Å². The first-order valence-corrected chi connectivity index (χ1v) is 5.38. The average molecular weight is 216 g/mol. The summed E-state index contributed by atoms with van der Waals surface area (Å²) in [6.07, 6.45) is 1.80. The molecular weight excluding hydrogens is 196 g/mol. The SMILES string of the molecule is CCC(C)(CC)NC(=O)C(C)C(N)=S. The highest BCUT2D eigenvalue weighted by Gasteiger charge is 2.25. The molecule has 0 aromatic heterocycles. The molecule has 4 heteroatoms. The predicted molar refractivity (Wildman–Crippen MR) is 63.1 cm³/mol. The van der Waals surface area contributed by atoms with E-state index in [4.69, 9.17) is 18.0 Å². The molecule has 14 heavy (non-hydrogen) atoms. The normalized spacial score (nSPS) is 13.4. The van der Waals surface area contributed by atoms with Gasteiger partial charge in [0.2, 0.25) is 5.91 Å². The van der Waals surface area contributed by atoms with Gasteiger partial charge in [-0.3, -0.25) is 4.79 Å². The van der Waals surface area contributed by atoms with Gasteiger partial charge in [0, 0.05) is 5.54 Å². The smallest absolute Gasteiger partial charge is 0.230 e. The summed E-state index contributed by atoms with van der Waals surface area (Å²) < 4.78 is 0. The van der Waals surface area contributed by atoms with Crippen LogP contribution < -0.4 is 11.1 Å². The van der Waals surface area contributed by atoms with Gasteiger partial charge in [0.1, 0.15) is 0 Å². The summed E-state index contributed by atoms with van der Waals surface area (Å²) in [4.78, 5) is 11.9. The van der Waals surface area contributed by atoms with E-state index in [0.29, 0.717) is 0 Å². The van der Waals surface area contributed by atoms with Crippen LogP contribution in [0.15, 0.2) is 0 Å². The summed E-state index contributed by atoms with van der Waals surface area (Å²) >= 11 is 4.77. The molecule has 0 aromatic carbocycles. The fourth-order valence-electron chi connectivity index (χ4n) is 0.962. The van der Waals surface area contributed by atoms with E-state index in [2.05, 4.69) is 19.2 Å². The van der Waals surface area contributed by atoms with Crippen LogP contribution in [-0.4, -0.2) is 16.4 Å². The number of carbonyl (C=O) groups is 1. The number of thiocarbonyl (C=S) groups is 1. The van der Waals surface area contributed by atoms with Gasteiger partial charge in [-0.15, -0.1) is 0 Å². The number of amides is 1. The molecule has 0 aliphatic rings. The van der Waals surface area contributed by atoms with Crippen molar-refractivity contribution in [2.45, 2.75) is 46.1 Å². The fraction of sp³-hybridized carbons (Fsp3) is 0.800. The molecule has 0 aliphatic carbocycles. The average Bonchev–Trinajstić information content (AvgIpc) is 2.16. The maximum Gasteiger partial charge on any atom is 0.230 e. The third kappa shape index (κ3) is 3.62. The van der Waals surface area contributed by atoms with Gasteiger partial charge >= 0.3 is 0 Å². The van der Waals surface area contributed by atoms with Crippen molar-refractivity contribution < 1.29 is 4.79 Å². The Bertz CT molecular complexity index is 224. The zero-order valence-electron chi connectivity index (χ0n) is 9.39. The molecular formula is C10H20N2OS. The van der Waals surface area contributed by atoms with E-state index in [1.807, 2.05) is 6.92 Å². The van der Waals surface area contributed by atoms with Crippen LogP contribution in [0, 0.1) is 5.92 Å². The van der Waals surface area contributed by atoms with Crippen molar-refractivity contribution >= 4 is 23.1 Å². The van der Waals surface area contributed by atoms with Gasteiger partial charge in [-0.2, -0.15) is 0 Å². The molecule has 1 unspecified atom stereocenters. The van der Waals surface area contributed by atoms with E-state index in [1.165, 1.54) is 0 Å². The van der Waals surface area contributed by atoms with Crippen LogP contribution in [-0.2, 0) is 4.79 Å². The van der Waals surface area contributed by atoms with Crippen molar-refractivity contribution in [3.05, 3.63) is 0 Å². The third-order valence-electron chi connectivity index (χ3n) is 2.81. The maximum atomic E-state index is 11.6. The number of hydrogen-bond donors (Lipinski definition) is 2. The molecule has 0 heterocycles. The van der Waals surface area contributed by atoms with Gasteiger partial charge in [-0.25, -0.2) is 0 Å². The van der Waals surface area contributed by atoms with E-state index in [9.17, 15) is 4.79 Å². The van der Waals surface area contributed by atoms with Crippen molar-refractivity contribution in [3.63, 3.8) is 0 Å². The number of carbonyl (C=O) groups excluding carboxylic acids is 1. The summed E-state index contributed by atoms with van der Waals surface area (Å²) in [5.74, 6) is -0.467. The molecule has 0 bridgehead atoms. The molecule has 82 valence electrons.